The Balaban J connectivity index is 1.91. The Morgan fingerprint density at radius 2 is 2.11 bits per heavy atom. The fourth-order valence-corrected chi connectivity index (χ4v) is 1.84. The van der Waals surface area contributed by atoms with E-state index < -0.39 is 11.7 Å². The van der Waals surface area contributed by atoms with Gasteiger partial charge in [-0.05, 0) is 30.3 Å². The van der Waals surface area contributed by atoms with Crippen molar-refractivity contribution in [3.05, 3.63) is 66.2 Å². The average Bonchev–Trinajstić information content (AvgIpc) is 2.82. The van der Waals surface area contributed by atoms with Crippen LogP contribution in [0.3, 0.4) is 0 Å². The van der Waals surface area contributed by atoms with Crippen LogP contribution in [0.25, 0.3) is 5.52 Å². The number of benzene rings is 1. The van der Waals surface area contributed by atoms with Gasteiger partial charge in [0.2, 0.25) is 5.95 Å². The van der Waals surface area contributed by atoms with Crippen molar-refractivity contribution in [1.29, 1.82) is 0 Å². The summed E-state index contributed by atoms with van der Waals surface area (Å²) in [5.74, 6) is -0.429. The number of hydrogen-bond acceptors (Lipinski definition) is 2. The molecule has 0 saturated carbocycles. The molecule has 1 N–H and O–H groups in total. The van der Waals surface area contributed by atoms with Crippen LogP contribution in [0.5, 0.6) is 0 Å². The normalized spacial score (nSPS) is 10.6. The van der Waals surface area contributed by atoms with Gasteiger partial charge in [0.25, 0.3) is 5.91 Å². The maximum absolute atomic E-state index is 13.1. The summed E-state index contributed by atoms with van der Waals surface area (Å²) in [4.78, 5) is 16.1. The SMILES string of the molecule is O=C(Nc1ncc2ccccn12)c1cccc(F)c1. The minimum atomic E-state index is -0.444. The van der Waals surface area contributed by atoms with Gasteiger partial charge in [0, 0.05) is 11.8 Å². The minimum Gasteiger partial charge on any atom is -0.292 e. The van der Waals surface area contributed by atoms with Gasteiger partial charge < -0.3 is 0 Å². The summed E-state index contributed by atoms with van der Waals surface area (Å²) in [5, 5.41) is 2.65. The van der Waals surface area contributed by atoms with Crippen molar-refractivity contribution in [2.45, 2.75) is 0 Å². The van der Waals surface area contributed by atoms with Gasteiger partial charge in [-0.25, -0.2) is 9.37 Å². The van der Waals surface area contributed by atoms with E-state index >= 15 is 0 Å². The van der Waals surface area contributed by atoms with Gasteiger partial charge in [-0.2, -0.15) is 0 Å². The molecule has 1 amide bonds. The third-order valence-electron chi connectivity index (χ3n) is 2.75. The van der Waals surface area contributed by atoms with Crippen LogP contribution in [0.2, 0.25) is 0 Å². The molecule has 1 aromatic carbocycles. The summed E-state index contributed by atoms with van der Waals surface area (Å²) in [5.41, 5.74) is 1.13. The van der Waals surface area contributed by atoms with Gasteiger partial charge in [-0.1, -0.05) is 12.1 Å². The zero-order valence-corrected chi connectivity index (χ0v) is 9.88. The van der Waals surface area contributed by atoms with Gasteiger partial charge in [0.15, 0.2) is 0 Å². The summed E-state index contributed by atoms with van der Waals surface area (Å²) in [6.07, 6.45) is 3.45. The topological polar surface area (TPSA) is 46.4 Å². The highest BCUT2D eigenvalue weighted by molar-refractivity contribution is 6.03. The molecule has 3 aromatic rings. The zero-order chi connectivity index (χ0) is 13.2. The predicted molar refractivity (Wildman–Crippen MR) is 69.5 cm³/mol. The first-order chi connectivity index (χ1) is 9.24. The van der Waals surface area contributed by atoms with Crippen LogP contribution in [-0.2, 0) is 0 Å². The molecule has 0 saturated heterocycles. The highest BCUT2D eigenvalue weighted by Crippen LogP contribution is 2.12. The molecule has 5 heteroatoms. The van der Waals surface area contributed by atoms with Gasteiger partial charge in [-0.15, -0.1) is 0 Å². The number of imidazole rings is 1. The number of rotatable bonds is 2. The van der Waals surface area contributed by atoms with Gasteiger partial charge in [-0.3, -0.25) is 14.5 Å². The number of aromatic nitrogens is 2. The van der Waals surface area contributed by atoms with Gasteiger partial charge in [0.1, 0.15) is 5.82 Å². The number of anilines is 1. The number of carbonyl (C=O) groups excluding carboxylic acids is 1. The summed E-state index contributed by atoms with van der Waals surface area (Å²) in [7, 11) is 0. The molecule has 0 atom stereocenters. The van der Waals surface area contributed by atoms with Gasteiger partial charge in [0.05, 0.1) is 11.7 Å². The molecule has 0 radical (unpaired) electrons. The fourth-order valence-electron chi connectivity index (χ4n) is 1.84. The average molecular weight is 255 g/mol. The zero-order valence-electron chi connectivity index (χ0n) is 9.88. The number of hydrogen-bond donors (Lipinski definition) is 1. The maximum Gasteiger partial charge on any atom is 0.258 e. The van der Waals surface area contributed by atoms with Crippen LogP contribution in [0.4, 0.5) is 10.3 Å². The molecule has 4 nitrogen and oxygen atoms in total. The highest BCUT2D eigenvalue weighted by atomic mass is 19.1. The van der Waals surface area contributed by atoms with Crippen molar-refractivity contribution in [2.75, 3.05) is 5.32 Å². The Morgan fingerprint density at radius 3 is 2.95 bits per heavy atom. The molecule has 0 fully saturated rings. The minimum absolute atomic E-state index is 0.257. The standard InChI is InChI=1S/C14H10FN3O/c15-11-5-3-4-10(8-11)13(19)17-14-16-9-12-6-1-2-7-18(12)14/h1-9H,(H,16,17,19). The monoisotopic (exact) mass is 255 g/mol. The molecular weight excluding hydrogens is 245 g/mol. The lowest BCUT2D eigenvalue weighted by Crippen LogP contribution is -2.14. The van der Waals surface area contributed by atoms with Crippen LogP contribution in [0, 0.1) is 5.82 Å². The molecule has 0 spiro atoms. The van der Waals surface area contributed by atoms with Crippen molar-refractivity contribution >= 4 is 17.4 Å². The van der Waals surface area contributed by atoms with E-state index in [-0.39, 0.29) is 5.56 Å². The molecule has 0 aliphatic carbocycles. The van der Waals surface area contributed by atoms with E-state index in [1.165, 1.54) is 18.2 Å². The van der Waals surface area contributed by atoms with Crippen molar-refractivity contribution in [1.82, 2.24) is 9.38 Å². The first-order valence-corrected chi connectivity index (χ1v) is 5.73. The number of pyridine rings is 1. The van der Waals surface area contributed by atoms with E-state index in [0.29, 0.717) is 5.95 Å². The lowest BCUT2D eigenvalue weighted by molar-refractivity contribution is 0.102. The molecule has 19 heavy (non-hydrogen) atoms. The van der Waals surface area contributed by atoms with Crippen molar-refractivity contribution in [3.8, 4) is 0 Å². The quantitative estimate of drug-likeness (QED) is 0.765. The first-order valence-electron chi connectivity index (χ1n) is 5.73. The van der Waals surface area contributed by atoms with Crippen LogP contribution >= 0.6 is 0 Å². The molecular formula is C14H10FN3O. The molecule has 94 valence electrons. The Hall–Kier alpha value is -2.69. The third kappa shape index (κ3) is 2.18. The maximum atomic E-state index is 13.1. The second-order valence-corrected chi connectivity index (χ2v) is 4.04. The third-order valence-corrected chi connectivity index (χ3v) is 2.75. The van der Waals surface area contributed by atoms with Crippen LogP contribution in [0.1, 0.15) is 10.4 Å². The van der Waals surface area contributed by atoms with Crippen LogP contribution in [-0.4, -0.2) is 15.3 Å². The predicted octanol–water partition coefficient (Wildman–Crippen LogP) is 2.73. The van der Waals surface area contributed by atoms with E-state index in [0.717, 1.165) is 5.52 Å². The fraction of sp³-hybridized carbons (Fsp3) is 0. The molecule has 0 bridgehead atoms. The van der Waals surface area contributed by atoms with E-state index in [9.17, 15) is 9.18 Å². The van der Waals surface area contributed by atoms with E-state index in [1.54, 1.807) is 22.9 Å². The Labute approximate surface area is 108 Å². The number of nitrogens with zero attached hydrogens (tertiary/aromatic N) is 2. The van der Waals surface area contributed by atoms with Crippen molar-refractivity contribution in [3.63, 3.8) is 0 Å². The van der Waals surface area contributed by atoms with Crippen molar-refractivity contribution < 1.29 is 9.18 Å². The van der Waals surface area contributed by atoms with E-state index in [4.69, 9.17) is 0 Å². The molecule has 2 aromatic heterocycles. The number of nitrogens with one attached hydrogen (secondary N) is 1. The summed E-state index contributed by atoms with van der Waals surface area (Å²) >= 11 is 0. The molecule has 2 heterocycles. The van der Waals surface area contributed by atoms with Crippen molar-refractivity contribution in [2.24, 2.45) is 0 Å². The number of fused-ring (bicyclic) bond motifs is 1. The van der Waals surface area contributed by atoms with Crippen LogP contribution < -0.4 is 5.32 Å². The van der Waals surface area contributed by atoms with Gasteiger partial charge >= 0.3 is 0 Å². The number of halogens is 1. The summed E-state index contributed by atoms with van der Waals surface area (Å²) < 4.78 is 14.8. The number of carbonyl (C=O) groups is 1. The first kappa shape index (κ1) is 11.4. The smallest absolute Gasteiger partial charge is 0.258 e. The molecule has 0 unspecified atom stereocenters. The molecule has 0 aliphatic heterocycles. The highest BCUT2D eigenvalue weighted by Gasteiger charge is 2.10. The van der Waals surface area contributed by atoms with E-state index in [1.807, 2.05) is 18.2 Å². The Morgan fingerprint density at radius 1 is 1.21 bits per heavy atom. The second-order valence-electron chi connectivity index (χ2n) is 4.04. The van der Waals surface area contributed by atoms with E-state index in [2.05, 4.69) is 10.3 Å². The summed E-state index contributed by atoms with van der Waals surface area (Å²) in [6.45, 7) is 0. The largest absolute Gasteiger partial charge is 0.292 e. The lowest BCUT2D eigenvalue weighted by Gasteiger charge is -2.04. The Bertz CT molecular complexity index is 751. The molecule has 0 aliphatic rings. The number of amides is 1. The Kier molecular flexibility index (Phi) is 2.72. The molecule has 3 rings (SSSR count). The lowest BCUT2D eigenvalue weighted by atomic mass is 10.2. The summed E-state index contributed by atoms with van der Waals surface area (Å²) in [6, 6.07) is 11.1. The van der Waals surface area contributed by atoms with Crippen LogP contribution in [0.15, 0.2) is 54.9 Å². The second kappa shape index (κ2) is 4.53.